The maximum atomic E-state index is 12.4. The van der Waals surface area contributed by atoms with E-state index in [0.29, 0.717) is 17.9 Å². The fourth-order valence-corrected chi connectivity index (χ4v) is 2.78. The minimum atomic E-state index is -4.34. The van der Waals surface area contributed by atoms with E-state index >= 15 is 0 Å². The lowest BCUT2D eigenvalue weighted by atomic mass is 10.1. The molecular weight excluding hydrogens is 289 g/mol. The van der Waals surface area contributed by atoms with E-state index in [2.05, 4.69) is 5.10 Å². The van der Waals surface area contributed by atoms with Crippen LogP contribution in [-0.4, -0.2) is 19.7 Å². The minimum absolute atomic E-state index is 0.249. The lowest BCUT2D eigenvalue weighted by Gasteiger charge is -2.07. The smallest absolute Gasteiger partial charge is 0.272 e. The van der Waals surface area contributed by atoms with E-state index < -0.39 is 22.5 Å². The molecule has 0 aliphatic heterocycles. The van der Waals surface area contributed by atoms with Crippen LogP contribution in [0.2, 0.25) is 0 Å². The van der Waals surface area contributed by atoms with Crippen molar-refractivity contribution >= 4 is 10.8 Å². The minimum Gasteiger partial charge on any atom is -0.272 e. The number of benzene rings is 1. The van der Waals surface area contributed by atoms with E-state index in [1.807, 2.05) is 0 Å². The van der Waals surface area contributed by atoms with Gasteiger partial charge in [0.25, 0.3) is 0 Å². The van der Waals surface area contributed by atoms with Gasteiger partial charge < -0.3 is 0 Å². The second kappa shape index (κ2) is 6.21. The highest BCUT2D eigenvalue weighted by Gasteiger charge is 2.29. The first-order valence-electron chi connectivity index (χ1n) is 5.94. The molecule has 0 radical (unpaired) electrons. The molecule has 0 saturated heterocycles. The Kier molecular flexibility index (Phi) is 4.59. The van der Waals surface area contributed by atoms with E-state index in [-0.39, 0.29) is 5.75 Å². The number of aryl methyl sites for hydroxylation is 1. The van der Waals surface area contributed by atoms with Gasteiger partial charge in [-0.2, -0.15) is 18.3 Å². The first kappa shape index (κ1) is 14.8. The van der Waals surface area contributed by atoms with Gasteiger partial charge in [0.15, 0.2) is 0 Å². The molecule has 1 heterocycles. The molecule has 7 heteroatoms. The Morgan fingerprint density at radius 2 is 1.90 bits per heavy atom. The van der Waals surface area contributed by atoms with Gasteiger partial charge in [0, 0.05) is 34.7 Å². The van der Waals surface area contributed by atoms with Crippen molar-refractivity contribution in [1.82, 2.24) is 9.78 Å². The SMILES string of the molecule is O=[S@@](CCn1cccn1)Cc1ccc(C(F)(F)F)cc1. The van der Waals surface area contributed by atoms with Gasteiger partial charge in [0.05, 0.1) is 12.1 Å². The lowest BCUT2D eigenvalue weighted by Crippen LogP contribution is -2.10. The highest BCUT2D eigenvalue weighted by atomic mass is 32.2. The average Bonchev–Trinajstić information content (AvgIpc) is 2.89. The predicted molar refractivity (Wildman–Crippen MR) is 70.4 cm³/mol. The Labute approximate surface area is 116 Å². The second-order valence-electron chi connectivity index (χ2n) is 4.25. The van der Waals surface area contributed by atoms with E-state index in [0.717, 1.165) is 12.1 Å². The van der Waals surface area contributed by atoms with Crippen LogP contribution in [0.25, 0.3) is 0 Å². The largest absolute Gasteiger partial charge is 0.416 e. The van der Waals surface area contributed by atoms with Crippen LogP contribution >= 0.6 is 0 Å². The number of aromatic nitrogens is 2. The van der Waals surface area contributed by atoms with Crippen LogP contribution in [0, 0.1) is 0 Å². The van der Waals surface area contributed by atoms with Gasteiger partial charge in [-0.1, -0.05) is 12.1 Å². The molecule has 0 fully saturated rings. The zero-order valence-electron chi connectivity index (χ0n) is 10.5. The van der Waals surface area contributed by atoms with Crippen molar-refractivity contribution in [2.45, 2.75) is 18.5 Å². The van der Waals surface area contributed by atoms with Crippen molar-refractivity contribution in [2.75, 3.05) is 5.75 Å². The lowest BCUT2D eigenvalue weighted by molar-refractivity contribution is -0.137. The van der Waals surface area contributed by atoms with Gasteiger partial charge in [-0.15, -0.1) is 0 Å². The Morgan fingerprint density at radius 1 is 1.20 bits per heavy atom. The van der Waals surface area contributed by atoms with E-state index in [9.17, 15) is 17.4 Å². The molecule has 0 unspecified atom stereocenters. The molecule has 2 rings (SSSR count). The Bertz CT molecular complexity index is 564. The number of nitrogens with zero attached hydrogens (tertiary/aromatic N) is 2. The van der Waals surface area contributed by atoms with Crippen LogP contribution in [0.15, 0.2) is 42.7 Å². The molecule has 3 nitrogen and oxygen atoms in total. The summed E-state index contributed by atoms with van der Waals surface area (Å²) in [6.45, 7) is 0.528. The molecule has 0 aliphatic rings. The third-order valence-corrected chi connectivity index (χ3v) is 4.01. The maximum absolute atomic E-state index is 12.4. The molecule has 0 spiro atoms. The molecular formula is C13H13F3N2OS. The highest BCUT2D eigenvalue weighted by Crippen LogP contribution is 2.29. The first-order valence-corrected chi connectivity index (χ1v) is 7.42. The molecule has 20 heavy (non-hydrogen) atoms. The summed E-state index contributed by atoms with van der Waals surface area (Å²) in [5, 5.41) is 3.99. The fourth-order valence-electron chi connectivity index (χ4n) is 1.68. The maximum Gasteiger partial charge on any atom is 0.416 e. The van der Waals surface area contributed by atoms with Crippen LogP contribution in [0.4, 0.5) is 13.2 Å². The van der Waals surface area contributed by atoms with E-state index in [4.69, 9.17) is 0 Å². The zero-order chi connectivity index (χ0) is 14.6. The zero-order valence-corrected chi connectivity index (χ0v) is 11.3. The van der Waals surface area contributed by atoms with Gasteiger partial charge in [0.1, 0.15) is 0 Å². The van der Waals surface area contributed by atoms with Crippen molar-refractivity contribution in [3.05, 3.63) is 53.9 Å². The summed E-state index contributed by atoms with van der Waals surface area (Å²) in [6, 6.07) is 6.54. The molecule has 0 saturated carbocycles. The summed E-state index contributed by atoms with van der Waals surface area (Å²) in [6.07, 6.45) is -0.925. The summed E-state index contributed by atoms with van der Waals surface area (Å²) >= 11 is 0. The normalized spacial score (nSPS) is 13.3. The topological polar surface area (TPSA) is 34.9 Å². The summed E-state index contributed by atoms with van der Waals surface area (Å²) in [5.41, 5.74) is -0.0552. The van der Waals surface area contributed by atoms with Gasteiger partial charge in [0.2, 0.25) is 0 Å². The summed E-state index contributed by atoms with van der Waals surface area (Å²) in [7, 11) is -1.13. The predicted octanol–water partition coefficient (Wildman–Crippen LogP) is 2.85. The van der Waals surface area contributed by atoms with Crippen molar-refractivity contribution in [3.8, 4) is 0 Å². The van der Waals surface area contributed by atoms with Crippen molar-refractivity contribution in [1.29, 1.82) is 0 Å². The average molecular weight is 302 g/mol. The van der Waals surface area contributed by atoms with E-state index in [1.54, 1.807) is 23.1 Å². The fraction of sp³-hybridized carbons (Fsp3) is 0.308. The van der Waals surface area contributed by atoms with Crippen molar-refractivity contribution in [3.63, 3.8) is 0 Å². The Balaban J connectivity index is 1.88. The summed E-state index contributed by atoms with van der Waals surface area (Å²) < 4.78 is 50.7. The Morgan fingerprint density at radius 3 is 2.45 bits per heavy atom. The summed E-state index contributed by atoms with van der Waals surface area (Å²) in [5.74, 6) is 0.669. The van der Waals surface area contributed by atoms with Gasteiger partial charge >= 0.3 is 6.18 Å². The third-order valence-electron chi connectivity index (χ3n) is 2.72. The molecule has 0 amide bonds. The van der Waals surface area contributed by atoms with Crippen molar-refractivity contribution in [2.24, 2.45) is 0 Å². The van der Waals surface area contributed by atoms with Crippen LogP contribution in [0.5, 0.6) is 0 Å². The molecule has 0 N–H and O–H groups in total. The number of hydrogen-bond acceptors (Lipinski definition) is 2. The highest BCUT2D eigenvalue weighted by molar-refractivity contribution is 7.84. The molecule has 1 aromatic carbocycles. The van der Waals surface area contributed by atoms with Crippen LogP contribution < -0.4 is 0 Å². The number of halogens is 3. The number of rotatable bonds is 5. The first-order chi connectivity index (χ1) is 9.45. The molecule has 1 atom stereocenters. The van der Waals surface area contributed by atoms with Crippen LogP contribution in [0.1, 0.15) is 11.1 Å². The summed E-state index contributed by atoms with van der Waals surface area (Å²) in [4.78, 5) is 0. The number of alkyl halides is 3. The molecule has 2 aromatic rings. The molecule has 0 aliphatic carbocycles. The second-order valence-corrected chi connectivity index (χ2v) is 5.83. The number of hydrogen-bond donors (Lipinski definition) is 0. The van der Waals surface area contributed by atoms with Gasteiger partial charge in [-0.3, -0.25) is 8.89 Å². The van der Waals surface area contributed by atoms with Gasteiger partial charge in [-0.05, 0) is 23.8 Å². The van der Waals surface area contributed by atoms with Crippen LogP contribution in [-0.2, 0) is 29.3 Å². The molecule has 108 valence electrons. The van der Waals surface area contributed by atoms with Gasteiger partial charge in [-0.25, -0.2) is 0 Å². The molecule has 0 bridgehead atoms. The monoisotopic (exact) mass is 302 g/mol. The van der Waals surface area contributed by atoms with Crippen LogP contribution in [0.3, 0.4) is 0 Å². The standard InChI is InChI=1S/C13H13F3N2OS/c14-13(15,16)12-4-2-11(3-5-12)10-20(19)9-8-18-7-1-6-17-18/h1-7H,8-10H2/t20-/m0/s1. The quantitative estimate of drug-likeness (QED) is 0.851. The molecule has 1 aromatic heterocycles. The van der Waals surface area contributed by atoms with Crippen molar-refractivity contribution < 1.29 is 17.4 Å². The van der Waals surface area contributed by atoms with E-state index in [1.165, 1.54) is 12.1 Å². The Hall–Kier alpha value is -1.63. The third kappa shape index (κ3) is 4.19.